The molecule has 5 rings (SSSR count). The zero-order chi connectivity index (χ0) is 35.8. The number of nitrogens with one attached hydrogen (secondary N) is 1. The molecule has 4 N–H and O–H groups in total. The molecule has 0 aromatic heterocycles. The molecular formula is C36H45ClN4O8. The van der Waals surface area contributed by atoms with Crippen LogP contribution in [0.1, 0.15) is 60.5 Å². The highest BCUT2D eigenvalue weighted by Crippen LogP contribution is 2.38. The first-order valence-electron chi connectivity index (χ1n) is 16.2. The molecule has 49 heavy (non-hydrogen) atoms. The van der Waals surface area contributed by atoms with Gasteiger partial charge in [0.05, 0.1) is 25.0 Å². The van der Waals surface area contributed by atoms with E-state index in [2.05, 4.69) is 24.4 Å². The van der Waals surface area contributed by atoms with Crippen LogP contribution in [0, 0.1) is 6.92 Å². The Morgan fingerprint density at radius 1 is 1.16 bits per heavy atom. The standard InChI is InChI=1S/C25H31ClN2O5.C11H14N2O3/c1-15-6-4-5-7-17-13-18(32-25(30)27-17)14-21-20(33-21)8-9-23(29)28(2)19-11-16(10-15)12-22(31-3)24(19)26;1-7-5-8(3-4-9(7)12)11(16)13(2)6-10(14)15/h4-6,11-12,17-18,20-21H,7-10,13-14H2,1-3H3,(H,27,30);3-5H,6,12H2,1-2H3,(H,14,15)/b5-4+,15-6+;. The molecule has 4 unspecified atom stereocenters. The molecule has 0 aliphatic carbocycles. The van der Waals surface area contributed by atoms with Gasteiger partial charge in [-0.1, -0.05) is 35.4 Å². The first kappa shape index (κ1) is 37.3. The molecule has 2 aromatic carbocycles. The van der Waals surface area contributed by atoms with Gasteiger partial charge in [-0.25, -0.2) is 4.79 Å². The number of methoxy groups -OCH3 is 1. The molecule has 12 nitrogen and oxygen atoms in total. The molecule has 4 atom stereocenters. The van der Waals surface area contributed by atoms with Gasteiger partial charge >= 0.3 is 12.1 Å². The predicted molar refractivity (Wildman–Crippen MR) is 187 cm³/mol. The van der Waals surface area contributed by atoms with Gasteiger partial charge in [-0.05, 0) is 74.6 Å². The summed E-state index contributed by atoms with van der Waals surface area (Å²) in [5.41, 5.74) is 10.3. The number of amides is 3. The number of nitrogens with zero attached hydrogens (tertiary/aromatic N) is 2. The average Bonchev–Trinajstić information content (AvgIpc) is 3.79. The number of likely N-dealkylation sites (N-methyl/N-ethyl adjacent to an activating group) is 1. The van der Waals surface area contributed by atoms with Gasteiger partial charge in [0.2, 0.25) is 5.91 Å². The SMILES string of the molecule is COc1cc2cc(c1Cl)N(C)C(=O)CCC1OC1CC1CC(C/C=C/C=C(\C)C2)NC(=O)O1.Cc1cc(C(=O)N(C)CC(=O)O)ccc1N. The van der Waals surface area contributed by atoms with Crippen molar-refractivity contribution in [3.8, 4) is 5.75 Å². The third kappa shape index (κ3) is 10.5. The summed E-state index contributed by atoms with van der Waals surface area (Å²) in [5.74, 6) is -0.855. The fourth-order valence-corrected chi connectivity index (χ4v) is 6.15. The number of carboxylic acids is 1. The lowest BCUT2D eigenvalue weighted by atomic mass is 9.99. The van der Waals surface area contributed by atoms with Gasteiger partial charge in [0.1, 0.15) is 23.4 Å². The Labute approximate surface area is 291 Å². The van der Waals surface area contributed by atoms with Gasteiger partial charge < -0.3 is 40.2 Å². The normalized spacial score (nSPS) is 24.0. The van der Waals surface area contributed by atoms with Crippen LogP contribution in [0.4, 0.5) is 16.2 Å². The van der Waals surface area contributed by atoms with E-state index in [1.165, 1.54) is 7.05 Å². The fraction of sp³-hybridized carbons (Fsp3) is 0.444. The number of fused-ring (bicyclic) bond motifs is 5. The van der Waals surface area contributed by atoms with E-state index in [-0.39, 0.29) is 48.8 Å². The Morgan fingerprint density at radius 2 is 1.92 bits per heavy atom. The monoisotopic (exact) mass is 696 g/mol. The summed E-state index contributed by atoms with van der Waals surface area (Å²) >= 11 is 6.55. The Hall–Kier alpha value is -4.55. The van der Waals surface area contributed by atoms with Crippen LogP contribution in [0.3, 0.4) is 0 Å². The molecule has 0 radical (unpaired) electrons. The third-order valence-corrected chi connectivity index (χ3v) is 9.04. The summed E-state index contributed by atoms with van der Waals surface area (Å²) in [6.45, 7) is 3.53. The van der Waals surface area contributed by atoms with E-state index in [9.17, 15) is 19.2 Å². The van der Waals surface area contributed by atoms with E-state index < -0.39 is 5.97 Å². The number of alkyl carbamates (subject to hydrolysis) is 1. The lowest BCUT2D eigenvalue weighted by Crippen LogP contribution is -2.45. The zero-order valence-electron chi connectivity index (χ0n) is 28.5. The Balaban J connectivity index is 0.000000284. The number of epoxide rings is 1. The molecule has 13 heteroatoms. The molecule has 4 bridgehead atoms. The molecule has 2 aromatic rings. The lowest BCUT2D eigenvalue weighted by Gasteiger charge is -2.29. The Bertz CT molecular complexity index is 1630. The summed E-state index contributed by atoms with van der Waals surface area (Å²) in [7, 11) is 4.76. The summed E-state index contributed by atoms with van der Waals surface area (Å²) in [6.07, 6.45) is 9.45. The molecule has 3 amide bonds. The molecule has 3 aliphatic rings. The number of aryl methyl sites for hydroxylation is 1. The number of allylic oxidation sites excluding steroid dienone is 3. The third-order valence-electron chi connectivity index (χ3n) is 8.66. The smallest absolute Gasteiger partial charge is 0.407 e. The molecule has 3 aliphatic heterocycles. The molecule has 0 saturated carbocycles. The minimum Gasteiger partial charge on any atom is -0.495 e. The number of hydrogen-bond donors (Lipinski definition) is 3. The van der Waals surface area contributed by atoms with Gasteiger partial charge in [0.25, 0.3) is 5.91 Å². The first-order valence-corrected chi connectivity index (χ1v) is 16.5. The Morgan fingerprint density at radius 3 is 2.61 bits per heavy atom. The molecule has 3 heterocycles. The van der Waals surface area contributed by atoms with Crippen LogP contribution >= 0.6 is 11.6 Å². The second-order valence-electron chi connectivity index (χ2n) is 12.7. The van der Waals surface area contributed by atoms with Crippen LogP contribution in [0.2, 0.25) is 5.02 Å². The second-order valence-corrected chi connectivity index (χ2v) is 13.0. The quantitative estimate of drug-likeness (QED) is 0.284. The number of rotatable bonds is 4. The zero-order valence-corrected chi connectivity index (χ0v) is 29.3. The number of carbonyl (C=O) groups is 4. The van der Waals surface area contributed by atoms with E-state index in [1.807, 2.05) is 18.2 Å². The number of nitrogens with two attached hydrogens (primary N) is 1. The first-order chi connectivity index (χ1) is 23.2. The number of ether oxygens (including phenoxy) is 3. The van der Waals surface area contributed by atoms with Crippen molar-refractivity contribution in [3.05, 3.63) is 75.8 Å². The number of anilines is 2. The van der Waals surface area contributed by atoms with Crippen LogP contribution in [-0.4, -0.2) is 86.0 Å². The van der Waals surface area contributed by atoms with Crippen molar-refractivity contribution in [2.75, 3.05) is 38.4 Å². The van der Waals surface area contributed by atoms with Crippen molar-refractivity contribution >= 4 is 46.9 Å². The maximum Gasteiger partial charge on any atom is 0.407 e. The topological polar surface area (TPSA) is 164 Å². The molecule has 2 fully saturated rings. The maximum absolute atomic E-state index is 12.9. The van der Waals surface area contributed by atoms with Crippen LogP contribution < -0.4 is 20.7 Å². The summed E-state index contributed by atoms with van der Waals surface area (Å²) in [4.78, 5) is 49.9. The van der Waals surface area contributed by atoms with Crippen LogP contribution in [0.15, 0.2) is 54.1 Å². The highest BCUT2D eigenvalue weighted by Gasteiger charge is 2.42. The highest BCUT2D eigenvalue weighted by atomic mass is 35.5. The number of halogens is 1. The summed E-state index contributed by atoms with van der Waals surface area (Å²) < 4.78 is 16.7. The van der Waals surface area contributed by atoms with Gasteiger partial charge in [-0.3, -0.25) is 14.4 Å². The minimum atomic E-state index is -1.04. The van der Waals surface area contributed by atoms with Crippen LogP contribution in [0.25, 0.3) is 0 Å². The van der Waals surface area contributed by atoms with Crippen LogP contribution in [0.5, 0.6) is 5.75 Å². The van der Waals surface area contributed by atoms with E-state index in [0.29, 0.717) is 53.4 Å². The fourth-order valence-electron chi connectivity index (χ4n) is 5.84. The average molecular weight is 697 g/mol. The number of aliphatic carboxylic acids is 1. The largest absolute Gasteiger partial charge is 0.495 e. The van der Waals surface area contributed by atoms with Crippen molar-refractivity contribution in [2.45, 2.75) is 76.7 Å². The number of hydrogen-bond acceptors (Lipinski definition) is 8. The van der Waals surface area contributed by atoms with Crippen molar-refractivity contribution in [2.24, 2.45) is 0 Å². The van der Waals surface area contributed by atoms with Crippen LogP contribution in [-0.2, 0) is 25.5 Å². The number of benzene rings is 2. The minimum absolute atomic E-state index is 0.0135. The summed E-state index contributed by atoms with van der Waals surface area (Å²) in [5, 5.41) is 11.9. The predicted octanol–water partition coefficient (Wildman–Crippen LogP) is 5.30. The van der Waals surface area contributed by atoms with Crippen molar-refractivity contribution in [3.63, 3.8) is 0 Å². The van der Waals surface area contributed by atoms with E-state index in [0.717, 1.165) is 34.4 Å². The van der Waals surface area contributed by atoms with E-state index in [1.54, 1.807) is 44.2 Å². The van der Waals surface area contributed by atoms with Gasteiger partial charge in [-0.2, -0.15) is 0 Å². The number of nitrogen functional groups attached to an aromatic ring is 1. The lowest BCUT2D eigenvalue weighted by molar-refractivity contribution is -0.137. The maximum atomic E-state index is 12.9. The van der Waals surface area contributed by atoms with Crippen molar-refractivity contribution in [1.29, 1.82) is 0 Å². The van der Waals surface area contributed by atoms with E-state index >= 15 is 0 Å². The van der Waals surface area contributed by atoms with Gasteiger partial charge in [0.15, 0.2) is 0 Å². The molecular weight excluding hydrogens is 652 g/mol. The summed E-state index contributed by atoms with van der Waals surface area (Å²) in [6, 6.07) is 8.77. The van der Waals surface area contributed by atoms with Crippen molar-refractivity contribution in [1.82, 2.24) is 10.2 Å². The molecule has 264 valence electrons. The molecule has 2 saturated heterocycles. The van der Waals surface area contributed by atoms with Gasteiger partial charge in [-0.15, -0.1) is 0 Å². The highest BCUT2D eigenvalue weighted by molar-refractivity contribution is 6.35. The number of carboxylic acid groups (broad SMARTS) is 1. The van der Waals surface area contributed by atoms with Crippen molar-refractivity contribution < 1.29 is 38.5 Å². The number of carbonyl (C=O) groups excluding carboxylic acids is 3. The van der Waals surface area contributed by atoms with E-state index in [4.69, 9.17) is 36.7 Å². The van der Waals surface area contributed by atoms with Gasteiger partial charge in [0, 0.05) is 50.7 Å². The molecule has 0 spiro atoms. The second kappa shape index (κ2) is 16.7. The Kier molecular flexibility index (Phi) is 12.7.